The quantitative estimate of drug-likeness (QED) is 0.473. The minimum Gasteiger partial charge on any atom is -0.349 e. The molecule has 1 aliphatic heterocycles. The molecule has 5 rings (SSSR count). The Morgan fingerprint density at radius 2 is 1.70 bits per heavy atom. The third-order valence-electron chi connectivity index (χ3n) is 7.74. The first kappa shape index (κ1) is 27.6. The van der Waals surface area contributed by atoms with Crippen molar-refractivity contribution in [2.75, 3.05) is 0 Å². The molecule has 0 spiro atoms. The van der Waals surface area contributed by atoms with Crippen LogP contribution in [-0.2, 0) is 27.2 Å². The second-order valence-electron chi connectivity index (χ2n) is 12.5. The Balaban J connectivity index is 1.55. The lowest BCUT2D eigenvalue weighted by atomic mass is 9.87. The number of nitrogens with zero attached hydrogens (tertiary/aromatic N) is 3. The van der Waals surface area contributed by atoms with E-state index >= 15 is 0 Å². The van der Waals surface area contributed by atoms with Crippen molar-refractivity contribution in [1.29, 1.82) is 0 Å². The number of piperazine rings is 1. The number of carbonyl (C=O) groups is 3. The largest absolute Gasteiger partial charge is 0.349 e. The van der Waals surface area contributed by atoms with E-state index in [2.05, 4.69) is 27.8 Å². The predicted molar refractivity (Wildman–Crippen MR) is 154 cm³/mol. The first-order valence-electron chi connectivity index (χ1n) is 14.1. The molecule has 1 saturated heterocycles. The molecule has 0 bridgehead atoms. The molecule has 3 aromatic rings. The molecule has 3 atom stereocenters. The third-order valence-corrected chi connectivity index (χ3v) is 7.74. The van der Waals surface area contributed by atoms with E-state index < -0.39 is 23.7 Å². The Hall–Kier alpha value is -3.94. The molecule has 8 nitrogen and oxygen atoms in total. The van der Waals surface area contributed by atoms with Gasteiger partial charge in [0.15, 0.2) is 0 Å². The highest BCUT2D eigenvalue weighted by Crippen LogP contribution is 2.35. The summed E-state index contributed by atoms with van der Waals surface area (Å²) in [6, 6.07) is 13.3. The number of fused-ring (bicyclic) bond motifs is 1. The minimum atomic E-state index is -0.954. The molecule has 8 heteroatoms. The van der Waals surface area contributed by atoms with Crippen molar-refractivity contribution in [3.8, 4) is 5.69 Å². The molecular formula is C32H39N5O3. The fraction of sp³-hybridized carbons (Fsp3) is 0.438. The van der Waals surface area contributed by atoms with Crippen LogP contribution in [0.5, 0.6) is 0 Å². The highest BCUT2D eigenvalue weighted by atomic mass is 16.2. The number of benzene rings is 2. The van der Waals surface area contributed by atoms with Gasteiger partial charge in [-0.05, 0) is 80.7 Å². The molecule has 0 radical (unpaired) electrons. The zero-order valence-corrected chi connectivity index (χ0v) is 23.9. The van der Waals surface area contributed by atoms with E-state index in [1.165, 1.54) is 11.1 Å². The summed E-state index contributed by atoms with van der Waals surface area (Å²) in [5.41, 5.74) is 3.45. The third kappa shape index (κ3) is 5.67. The maximum absolute atomic E-state index is 14.5. The van der Waals surface area contributed by atoms with E-state index in [1.807, 2.05) is 81.8 Å². The summed E-state index contributed by atoms with van der Waals surface area (Å²) in [6.45, 7) is 9.80. The van der Waals surface area contributed by atoms with Crippen molar-refractivity contribution in [2.45, 2.75) is 77.5 Å². The summed E-state index contributed by atoms with van der Waals surface area (Å²) < 4.78 is 1.88. The normalized spacial score (nSPS) is 20.4. The fourth-order valence-corrected chi connectivity index (χ4v) is 5.99. The highest BCUT2D eigenvalue weighted by molar-refractivity contribution is 6.00. The van der Waals surface area contributed by atoms with Gasteiger partial charge in [-0.25, -0.2) is 4.98 Å². The van der Waals surface area contributed by atoms with Gasteiger partial charge >= 0.3 is 0 Å². The van der Waals surface area contributed by atoms with Gasteiger partial charge in [0.1, 0.15) is 18.1 Å². The van der Waals surface area contributed by atoms with Gasteiger partial charge in [0, 0.05) is 23.6 Å². The first-order valence-corrected chi connectivity index (χ1v) is 14.1. The lowest BCUT2D eigenvalue weighted by Gasteiger charge is -2.45. The van der Waals surface area contributed by atoms with Crippen LogP contribution in [0, 0.1) is 11.8 Å². The van der Waals surface area contributed by atoms with Crippen molar-refractivity contribution in [2.24, 2.45) is 11.8 Å². The number of amides is 3. The van der Waals surface area contributed by atoms with Crippen LogP contribution in [0.25, 0.3) is 5.69 Å². The predicted octanol–water partition coefficient (Wildman–Crippen LogP) is 3.98. The summed E-state index contributed by atoms with van der Waals surface area (Å²) in [5, 5.41) is 6.16. The Labute approximate surface area is 236 Å². The molecule has 1 unspecified atom stereocenters. The van der Waals surface area contributed by atoms with Gasteiger partial charge < -0.3 is 20.1 Å². The van der Waals surface area contributed by atoms with E-state index in [0.717, 1.165) is 5.69 Å². The summed E-state index contributed by atoms with van der Waals surface area (Å²) in [4.78, 5) is 47.9. The molecule has 1 fully saturated rings. The van der Waals surface area contributed by atoms with E-state index in [9.17, 15) is 14.4 Å². The number of hydrogen-bond donors (Lipinski definition) is 2. The van der Waals surface area contributed by atoms with Crippen LogP contribution in [0.2, 0.25) is 0 Å². The number of imidazole rings is 1. The van der Waals surface area contributed by atoms with Gasteiger partial charge in [-0.2, -0.15) is 0 Å². The van der Waals surface area contributed by atoms with Crippen LogP contribution in [0.1, 0.15) is 63.8 Å². The second-order valence-corrected chi connectivity index (χ2v) is 12.5. The second kappa shape index (κ2) is 10.9. The van der Waals surface area contributed by atoms with Crippen LogP contribution in [0.4, 0.5) is 0 Å². The molecule has 40 heavy (non-hydrogen) atoms. The van der Waals surface area contributed by atoms with Crippen LogP contribution in [-0.4, -0.2) is 49.8 Å². The number of nitrogens with one attached hydrogen (secondary N) is 2. The summed E-state index contributed by atoms with van der Waals surface area (Å²) in [7, 11) is 0. The molecule has 3 amide bonds. The minimum absolute atomic E-state index is 0.0636. The van der Waals surface area contributed by atoms with Gasteiger partial charge in [-0.15, -0.1) is 0 Å². The Kier molecular flexibility index (Phi) is 7.53. The van der Waals surface area contributed by atoms with Gasteiger partial charge in [0.2, 0.25) is 17.7 Å². The summed E-state index contributed by atoms with van der Waals surface area (Å²) in [5.74, 6) is -0.610. The molecule has 2 heterocycles. The number of rotatable bonds is 7. The zero-order valence-electron chi connectivity index (χ0n) is 23.9. The van der Waals surface area contributed by atoms with Crippen molar-refractivity contribution in [3.63, 3.8) is 0 Å². The highest BCUT2D eigenvalue weighted by Gasteiger charge is 2.49. The Bertz CT molecular complexity index is 1350. The van der Waals surface area contributed by atoms with Gasteiger partial charge in [-0.1, -0.05) is 50.2 Å². The van der Waals surface area contributed by atoms with Crippen molar-refractivity contribution in [1.82, 2.24) is 25.1 Å². The summed E-state index contributed by atoms with van der Waals surface area (Å²) >= 11 is 0. The first-order chi connectivity index (χ1) is 19.0. The Morgan fingerprint density at radius 1 is 1.05 bits per heavy atom. The van der Waals surface area contributed by atoms with Crippen LogP contribution < -0.4 is 10.6 Å². The molecule has 2 aliphatic rings. The van der Waals surface area contributed by atoms with Crippen molar-refractivity contribution in [3.05, 3.63) is 83.9 Å². The van der Waals surface area contributed by atoms with Crippen LogP contribution in [0.15, 0.2) is 67.3 Å². The lowest BCUT2D eigenvalue weighted by Crippen LogP contribution is -2.67. The molecular weight excluding hydrogens is 502 g/mol. The number of carbonyl (C=O) groups excluding carboxylic acids is 3. The summed E-state index contributed by atoms with van der Waals surface area (Å²) in [6.07, 6.45) is 7.15. The zero-order chi connectivity index (χ0) is 28.6. The fourth-order valence-electron chi connectivity index (χ4n) is 5.99. The maximum atomic E-state index is 14.5. The van der Waals surface area contributed by atoms with E-state index in [-0.39, 0.29) is 29.6 Å². The van der Waals surface area contributed by atoms with Gasteiger partial charge in [0.25, 0.3) is 0 Å². The molecule has 2 aromatic carbocycles. The van der Waals surface area contributed by atoms with Crippen LogP contribution >= 0.6 is 0 Å². The molecule has 210 valence electrons. The van der Waals surface area contributed by atoms with E-state index in [0.29, 0.717) is 24.8 Å². The lowest BCUT2D eigenvalue weighted by molar-refractivity contribution is -0.158. The number of aromatic nitrogens is 2. The van der Waals surface area contributed by atoms with Gasteiger partial charge in [0.05, 0.1) is 6.33 Å². The molecule has 0 saturated carbocycles. The number of hydrogen-bond acceptors (Lipinski definition) is 4. The molecule has 2 N–H and O–H groups in total. The smallest absolute Gasteiger partial charge is 0.247 e. The van der Waals surface area contributed by atoms with Crippen molar-refractivity contribution < 1.29 is 14.4 Å². The maximum Gasteiger partial charge on any atom is 0.247 e. The van der Waals surface area contributed by atoms with E-state index in [1.54, 1.807) is 17.4 Å². The monoisotopic (exact) mass is 541 g/mol. The standard InChI is InChI=1S/C32H39N5O3/c1-20(2)16-26-29(38)34-27(24-17-22-8-6-7-9-23(22)18-24)31(40)37(26)28(30(39)35-32(3,4)5)21-10-12-25(13-11-21)36-15-14-33-19-36/h6-15,19-20,24,26-28H,16-18H2,1-5H3,(H,34,38)(H,35,39)/t26?,27-,28-/m1/s1. The van der Waals surface area contributed by atoms with Gasteiger partial charge in [-0.3, -0.25) is 14.4 Å². The van der Waals surface area contributed by atoms with E-state index in [4.69, 9.17) is 0 Å². The average molecular weight is 542 g/mol. The van der Waals surface area contributed by atoms with Crippen LogP contribution in [0.3, 0.4) is 0 Å². The SMILES string of the molecule is CC(C)CC1C(=O)N[C@H](C2Cc3ccccc3C2)C(=O)N1[C@@H](C(=O)NC(C)(C)C)c1ccc(-n2ccnc2)cc1. The molecule has 1 aromatic heterocycles. The Morgan fingerprint density at radius 3 is 2.25 bits per heavy atom. The van der Waals surface area contributed by atoms with Crippen molar-refractivity contribution >= 4 is 17.7 Å². The average Bonchev–Trinajstić information content (AvgIpc) is 3.57. The molecule has 1 aliphatic carbocycles. The topological polar surface area (TPSA) is 96.3 Å².